The molecule has 1 N–H and O–H groups in total. The second kappa shape index (κ2) is 6.86. The lowest BCUT2D eigenvalue weighted by atomic mass is 10.1. The average molecular weight is 317 g/mol. The molecule has 0 spiro atoms. The summed E-state index contributed by atoms with van der Waals surface area (Å²) in [6, 6.07) is 9.47. The van der Waals surface area contributed by atoms with Gasteiger partial charge in [0.1, 0.15) is 0 Å². The Bertz CT molecular complexity index is 559. The molecule has 4 nitrogen and oxygen atoms in total. The summed E-state index contributed by atoms with van der Waals surface area (Å²) >= 11 is 0.481. The Kier molecular flexibility index (Phi) is 5.13. The third-order valence-electron chi connectivity index (χ3n) is 2.65. The van der Waals surface area contributed by atoms with Crippen molar-refractivity contribution >= 4 is 16.5 Å². The number of nitrogens with one attached hydrogen (secondary N) is 1. The molecule has 1 aromatic heterocycles. The molecule has 8 heteroatoms. The van der Waals surface area contributed by atoms with Crippen LogP contribution < -0.4 is 5.32 Å². The third-order valence-corrected chi connectivity index (χ3v) is 3.57. The monoisotopic (exact) mass is 317 g/mol. The number of alkyl halides is 3. The van der Waals surface area contributed by atoms with Crippen molar-refractivity contribution < 1.29 is 17.9 Å². The molecular formula is C13H14F3N3OS. The Hall–Kier alpha value is -1.67. The first-order valence-corrected chi connectivity index (χ1v) is 7.13. The van der Waals surface area contributed by atoms with Crippen LogP contribution in [0.2, 0.25) is 0 Å². The van der Waals surface area contributed by atoms with Crippen molar-refractivity contribution in [1.82, 2.24) is 10.2 Å². The topological polar surface area (TPSA) is 47.0 Å². The fraction of sp³-hybridized carbons (Fsp3) is 0.385. The van der Waals surface area contributed by atoms with Crippen molar-refractivity contribution in [2.24, 2.45) is 0 Å². The minimum atomic E-state index is -4.46. The van der Waals surface area contributed by atoms with Crippen molar-refractivity contribution in [1.29, 1.82) is 0 Å². The van der Waals surface area contributed by atoms with Gasteiger partial charge in [-0.1, -0.05) is 41.7 Å². The van der Waals surface area contributed by atoms with Crippen LogP contribution in [-0.4, -0.2) is 23.3 Å². The summed E-state index contributed by atoms with van der Waals surface area (Å²) in [5.74, 6) is 0. The van der Waals surface area contributed by atoms with Crippen molar-refractivity contribution in [3.8, 4) is 0 Å². The summed E-state index contributed by atoms with van der Waals surface area (Å²) in [6.45, 7) is 2.69. The van der Waals surface area contributed by atoms with Gasteiger partial charge < -0.3 is 10.1 Å². The van der Waals surface area contributed by atoms with Crippen LogP contribution in [0, 0.1) is 0 Å². The summed E-state index contributed by atoms with van der Waals surface area (Å²) in [5, 5.41) is 8.62. The highest BCUT2D eigenvalue weighted by Gasteiger charge is 2.35. The molecule has 1 atom stereocenters. The molecule has 0 radical (unpaired) electrons. The van der Waals surface area contributed by atoms with Crippen LogP contribution in [0.15, 0.2) is 30.3 Å². The number of halogens is 3. The molecular weight excluding hydrogens is 303 g/mol. The number of anilines is 1. The molecule has 1 heterocycles. The first-order valence-electron chi connectivity index (χ1n) is 6.32. The zero-order valence-corrected chi connectivity index (χ0v) is 12.0. The quantitative estimate of drug-likeness (QED) is 0.881. The molecule has 1 unspecified atom stereocenters. The predicted molar refractivity (Wildman–Crippen MR) is 74.2 cm³/mol. The molecule has 114 valence electrons. The first-order chi connectivity index (χ1) is 10.0. The molecule has 0 bridgehead atoms. The molecule has 2 rings (SSSR count). The van der Waals surface area contributed by atoms with Gasteiger partial charge in [0, 0.05) is 13.2 Å². The molecule has 0 aliphatic rings. The lowest BCUT2D eigenvalue weighted by molar-refractivity contribution is -0.138. The Morgan fingerprint density at radius 3 is 2.52 bits per heavy atom. The molecule has 21 heavy (non-hydrogen) atoms. The lowest BCUT2D eigenvalue weighted by Gasteiger charge is -2.17. The van der Waals surface area contributed by atoms with Crippen LogP contribution in [0.5, 0.6) is 0 Å². The average Bonchev–Trinajstić information content (AvgIpc) is 2.93. The molecule has 2 aromatic rings. The maximum Gasteiger partial charge on any atom is 0.445 e. The Morgan fingerprint density at radius 2 is 1.95 bits per heavy atom. The van der Waals surface area contributed by atoms with E-state index in [-0.39, 0.29) is 11.2 Å². The van der Waals surface area contributed by atoms with Gasteiger partial charge in [-0.05, 0) is 12.5 Å². The number of hydrogen-bond acceptors (Lipinski definition) is 5. The largest absolute Gasteiger partial charge is 0.445 e. The van der Waals surface area contributed by atoms with Crippen molar-refractivity contribution in [3.05, 3.63) is 40.9 Å². The number of ether oxygens (including phenoxy) is 1. The predicted octanol–water partition coefficient (Wildman–Crippen LogP) is 3.75. The van der Waals surface area contributed by atoms with Gasteiger partial charge in [-0.2, -0.15) is 13.2 Å². The second-order valence-electron chi connectivity index (χ2n) is 4.15. The zero-order valence-electron chi connectivity index (χ0n) is 11.2. The molecule has 0 aliphatic heterocycles. The summed E-state index contributed by atoms with van der Waals surface area (Å²) in [6.07, 6.45) is -4.72. The smallest absolute Gasteiger partial charge is 0.372 e. The molecule has 0 saturated carbocycles. The van der Waals surface area contributed by atoms with E-state index in [1.807, 2.05) is 37.3 Å². The van der Waals surface area contributed by atoms with E-state index in [1.54, 1.807) is 0 Å². The van der Waals surface area contributed by atoms with Gasteiger partial charge in [-0.3, -0.25) is 0 Å². The summed E-state index contributed by atoms with van der Waals surface area (Å²) in [5.41, 5.74) is 0.951. The van der Waals surface area contributed by atoms with E-state index in [2.05, 4.69) is 15.5 Å². The number of rotatable bonds is 6. The Morgan fingerprint density at radius 1 is 1.24 bits per heavy atom. The summed E-state index contributed by atoms with van der Waals surface area (Å²) in [4.78, 5) is 0. The van der Waals surface area contributed by atoms with Crippen molar-refractivity contribution in [2.45, 2.75) is 19.2 Å². The van der Waals surface area contributed by atoms with E-state index >= 15 is 0 Å². The Balaban J connectivity index is 2.01. The number of hydrogen-bond donors (Lipinski definition) is 1. The summed E-state index contributed by atoms with van der Waals surface area (Å²) in [7, 11) is 0. The van der Waals surface area contributed by atoms with Crippen LogP contribution >= 0.6 is 11.3 Å². The van der Waals surface area contributed by atoms with Crippen LogP contribution in [0.25, 0.3) is 0 Å². The standard InChI is InChI=1S/C13H14F3N3OS/c1-2-20-10(9-6-4-3-5-7-9)8-17-12-19-18-11(21-12)13(14,15)16/h3-7,10H,2,8H2,1H3,(H,17,19). The summed E-state index contributed by atoms with van der Waals surface area (Å²) < 4.78 is 42.9. The van der Waals surface area contributed by atoms with E-state index in [0.717, 1.165) is 5.56 Å². The van der Waals surface area contributed by atoms with Gasteiger partial charge in [-0.15, -0.1) is 10.2 Å². The van der Waals surface area contributed by atoms with Gasteiger partial charge in [-0.25, -0.2) is 0 Å². The highest BCUT2D eigenvalue weighted by molar-refractivity contribution is 7.15. The molecule has 0 amide bonds. The van der Waals surface area contributed by atoms with Gasteiger partial charge in [0.25, 0.3) is 0 Å². The number of aromatic nitrogens is 2. The highest BCUT2D eigenvalue weighted by Crippen LogP contribution is 2.33. The van der Waals surface area contributed by atoms with E-state index < -0.39 is 11.2 Å². The molecule has 0 saturated heterocycles. The maximum atomic E-state index is 12.4. The van der Waals surface area contributed by atoms with E-state index in [0.29, 0.717) is 24.5 Å². The van der Waals surface area contributed by atoms with Crippen LogP contribution in [0.3, 0.4) is 0 Å². The minimum absolute atomic E-state index is 0.128. The zero-order chi connectivity index (χ0) is 15.3. The molecule has 0 aliphatic carbocycles. The van der Waals surface area contributed by atoms with Gasteiger partial charge in [0.15, 0.2) is 0 Å². The third kappa shape index (κ3) is 4.40. The number of benzene rings is 1. The van der Waals surface area contributed by atoms with Crippen LogP contribution in [0.1, 0.15) is 23.6 Å². The maximum absolute atomic E-state index is 12.4. The van der Waals surface area contributed by atoms with E-state index in [1.165, 1.54) is 0 Å². The van der Waals surface area contributed by atoms with Crippen molar-refractivity contribution in [3.63, 3.8) is 0 Å². The SMILES string of the molecule is CCOC(CNc1nnc(C(F)(F)F)s1)c1ccccc1. The van der Waals surface area contributed by atoms with Gasteiger partial charge in [0.2, 0.25) is 10.1 Å². The van der Waals surface area contributed by atoms with E-state index in [9.17, 15) is 13.2 Å². The number of nitrogens with zero attached hydrogens (tertiary/aromatic N) is 2. The highest BCUT2D eigenvalue weighted by atomic mass is 32.1. The molecule has 0 fully saturated rings. The van der Waals surface area contributed by atoms with Gasteiger partial charge >= 0.3 is 6.18 Å². The van der Waals surface area contributed by atoms with Crippen molar-refractivity contribution in [2.75, 3.05) is 18.5 Å². The fourth-order valence-electron chi connectivity index (χ4n) is 1.73. The second-order valence-corrected chi connectivity index (χ2v) is 5.12. The van der Waals surface area contributed by atoms with Gasteiger partial charge in [0.05, 0.1) is 6.10 Å². The normalized spacial score (nSPS) is 13.1. The van der Waals surface area contributed by atoms with Crippen LogP contribution in [0.4, 0.5) is 18.3 Å². The molecule has 1 aromatic carbocycles. The first kappa shape index (κ1) is 15.7. The lowest BCUT2D eigenvalue weighted by Crippen LogP contribution is -2.15. The minimum Gasteiger partial charge on any atom is -0.372 e. The van der Waals surface area contributed by atoms with Crippen LogP contribution in [-0.2, 0) is 10.9 Å². The fourth-order valence-corrected chi connectivity index (χ4v) is 2.35. The Labute approximate surface area is 124 Å². The van der Waals surface area contributed by atoms with E-state index in [4.69, 9.17) is 4.74 Å².